The highest BCUT2D eigenvalue weighted by molar-refractivity contribution is 14.0. The Morgan fingerprint density at radius 2 is 2.00 bits per heavy atom. The van der Waals surface area contributed by atoms with Gasteiger partial charge in [-0.1, -0.05) is 22.0 Å². The van der Waals surface area contributed by atoms with Gasteiger partial charge in [-0.3, -0.25) is 4.99 Å². The van der Waals surface area contributed by atoms with E-state index in [4.69, 9.17) is 4.42 Å². The molecule has 2 rings (SSSR count). The van der Waals surface area contributed by atoms with Crippen molar-refractivity contribution in [3.05, 3.63) is 51.4 Å². The van der Waals surface area contributed by atoms with Gasteiger partial charge in [-0.15, -0.1) is 24.0 Å². The molecule has 2 aromatic rings. The molecule has 0 unspecified atom stereocenters. The van der Waals surface area contributed by atoms with Gasteiger partial charge < -0.3 is 15.1 Å². The summed E-state index contributed by atoms with van der Waals surface area (Å²) in [5, 5.41) is 6.13. The predicted octanol–water partition coefficient (Wildman–Crippen LogP) is 3.68. The fraction of sp³-hybridized carbons (Fsp3) is 0.333. The lowest BCUT2D eigenvalue weighted by Gasteiger charge is -2.11. The number of hydrogen-bond acceptors (Lipinski definition) is 3. The van der Waals surface area contributed by atoms with Crippen LogP contribution in [-0.4, -0.2) is 18.0 Å². The van der Waals surface area contributed by atoms with E-state index in [1.54, 1.807) is 19.2 Å². The van der Waals surface area contributed by atoms with Crippen LogP contribution >= 0.6 is 39.9 Å². The van der Waals surface area contributed by atoms with Crippen molar-refractivity contribution < 1.29 is 8.81 Å². The normalized spacial score (nSPS) is 11.1. The van der Waals surface area contributed by atoms with Crippen molar-refractivity contribution in [1.82, 2.24) is 15.6 Å². The van der Waals surface area contributed by atoms with Crippen LogP contribution in [0, 0.1) is 19.7 Å². The van der Waals surface area contributed by atoms with Gasteiger partial charge >= 0.3 is 0 Å². The topological polar surface area (TPSA) is 62.5 Å². The van der Waals surface area contributed by atoms with Crippen LogP contribution in [0.2, 0.25) is 0 Å². The zero-order valence-corrected chi connectivity index (χ0v) is 17.0. The third-order valence-electron chi connectivity index (χ3n) is 3.16. The molecule has 0 bridgehead atoms. The largest absolute Gasteiger partial charge is 0.444 e. The third-order valence-corrected chi connectivity index (χ3v) is 3.66. The van der Waals surface area contributed by atoms with Crippen LogP contribution in [0.4, 0.5) is 4.39 Å². The Balaban J connectivity index is 0.00000264. The average molecular weight is 497 g/mol. The number of benzene rings is 1. The van der Waals surface area contributed by atoms with Gasteiger partial charge in [0, 0.05) is 23.6 Å². The van der Waals surface area contributed by atoms with E-state index in [1.807, 2.05) is 13.8 Å². The van der Waals surface area contributed by atoms with Crippen LogP contribution in [0.5, 0.6) is 0 Å². The van der Waals surface area contributed by atoms with Gasteiger partial charge in [-0.2, -0.15) is 0 Å². The second-order valence-electron chi connectivity index (χ2n) is 4.76. The molecule has 0 radical (unpaired) electrons. The van der Waals surface area contributed by atoms with Crippen LogP contribution in [-0.2, 0) is 13.1 Å². The highest BCUT2D eigenvalue weighted by atomic mass is 127. The summed E-state index contributed by atoms with van der Waals surface area (Å²) in [6.07, 6.45) is 0. The third kappa shape index (κ3) is 5.76. The van der Waals surface area contributed by atoms with Gasteiger partial charge in [0.1, 0.15) is 11.6 Å². The molecule has 0 amide bonds. The number of rotatable bonds is 4. The smallest absolute Gasteiger partial charge is 0.214 e. The molecule has 0 saturated heterocycles. The molecule has 126 valence electrons. The van der Waals surface area contributed by atoms with E-state index in [0.29, 0.717) is 35.0 Å². The summed E-state index contributed by atoms with van der Waals surface area (Å²) in [5.41, 5.74) is 1.44. The minimum absolute atomic E-state index is 0. The number of aryl methyl sites for hydroxylation is 2. The highest BCUT2D eigenvalue weighted by Gasteiger charge is 2.07. The number of guanidine groups is 1. The van der Waals surface area contributed by atoms with Crippen molar-refractivity contribution in [2.24, 2.45) is 4.99 Å². The second kappa shape index (κ2) is 9.21. The molecular weight excluding hydrogens is 478 g/mol. The molecule has 0 aliphatic carbocycles. The molecule has 0 fully saturated rings. The Bertz CT molecular complexity index is 671. The number of oxazole rings is 1. The fourth-order valence-electron chi connectivity index (χ4n) is 1.84. The number of nitrogens with one attached hydrogen (secondary N) is 2. The fourth-order valence-corrected chi connectivity index (χ4v) is 2.17. The maximum atomic E-state index is 13.7. The Kier molecular flexibility index (Phi) is 7.97. The van der Waals surface area contributed by atoms with Gasteiger partial charge in [0.2, 0.25) is 5.89 Å². The number of aromatic nitrogens is 1. The zero-order valence-electron chi connectivity index (χ0n) is 13.1. The monoisotopic (exact) mass is 496 g/mol. The van der Waals surface area contributed by atoms with Crippen molar-refractivity contribution >= 4 is 45.9 Å². The minimum atomic E-state index is -0.267. The first kappa shape index (κ1) is 19.9. The lowest BCUT2D eigenvalue weighted by atomic mass is 10.2. The molecule has 5 nitrogen and oxygen atoms in total. The maximum Gasteiger partial charge on any atom is 0.214 e. The number of nitrogens with zero attached hydrogens (tertiary/aromatic N) is 2. The van der Waals surface area contributed by atoms with Crippen LogP contribution < -0.4 is 10.6 Å². The molecule has 1 aromatic heterocycles. The van der Waals surface area contributed by atoms with E-state index in [1.165, 1.54) is 6.07 Å². The lowest BCUT2D eigenvalue weighted by molar-refractivity contribution is 0.463. The Labute approximate surface area is 160 Å². The van der Waals surface area contributed by atoms with Gasteiger partial charge in [0.15, 0.2) is 5.96 Å². The second-order valence-corrected chi connectivity index (χ2v) is 5.68. The first-order valence-electron chi connectivity index (χ1n) is 6.81. The summed E-state index contributed by atoms with van der Waals surface area (Å²) >= 11 is 3.23. The minimum Gasteiger partial charge on any atom is -0.444 e. The molecule has 1 heterocycles. The van der Waals surface area contributed by atoms with Crippen LogP contribution in [0.15, 0.2) is 32.1 Å². The highest BCUT2D eigenvalue weighted by Crippen LogP contribution is 2.15. The van der Waals surface area contributed by atoms with Crippen molar-refractivity contribution in [1.29, 1.82) is 0 Å². The molecule has 8 heteroatoms. The molecule has 0 aliphatic heterocycles. The first-order chi connectivity index (χ1) is 10.5. The number of hydrogen-bond donors (Lipinski definition) is 2. The summed E-state index contributed by atoms with van der Waals surface area (Å²) in [7, 11) is 1.65. The van der Waals surface area contributed by atoms with Crippen molar-refractivity contribution in [3.63, 3.8) is 0 Å². The Morgan fingerprint density at radius 3 is 2.57 bits per heavy atom. The van der Waals surface area contributed by atoms with E-state index in [9.17, 15) is 4.39 Å². The van der Waals surface area contributed by atoms with E-state index in [0.717, 1.165) is 11.5 Å². The van der Waals surface area contributed by atoms with Crippen LogP contribution in [0.3, 0.4) is 0 Å². The molecular formula is C15H19BrFIN4O. The Hall–Kier alpha value is -1.16. The number of aliphatic imine (C=N–C) groups is 1. The van der Waals surface area contributed by atoms with E-state index in [2.05, 4.69) is 36.5 Å². The molecule has 0 aliphatic rings. The van der Waals surface area contributed by atoms with E-state index >= 15 is 0 Å². The van der Waals surface area contributed by atoms with Gasteiger partial charge in [-0.05, 0) is 26.0 Å². The summed E-state index contributed by atoms with van der Waals surface area (Å²) in [6, 6.07) is 4.96. The summed E-state index contributed by atoms with van der Waals surface area (Å²) in [5.74, 6) is 1.68. The van der Waals surface area contributed by atoms with Crippen molar-refractivity contribution in [3.8, 4) is 0 Å². The van der Waals surface area contributed by atoms with Gasteiger partial charge in [-0.25, -0.2) is 9.37 Å². The molecule has 0 atom stereocenters. The number of halogens is 3. The summed E-state index contributed by atoms with van der Waals surface area (Å²) < 4.78 is 19.9. The molecule has 0 saturated carbocycles. The molecule has 0 spiro atoms. The maximum absolute atomic E-state index is 13.7. The quantitative estimate of drug-likeness (QED) is 0.385. The van der Waals surface area contributed by atoms with E-state index in [-0.39, 0.29) is 29.8 Å². The first-order valence-corrected chi connectivity index (χ1v) is 7.60. The van der Waals surface area contributed by atoms with E-state index < -0.39 is 0 Å². The average Bonchev–Trinajstić information content (AvgIpc) is 2.79. The summed E-state index contributed by atoms with van der Waals surface area (Å²) in [4.78, 5) is 8.37. The van der Waals surface area contributed by atoms with Gasteiger partial charge in [0.05, 0.1) is 12.2 Å². The molecule has 2 N–H and O–H groups in total. The van der Waals surface area contributed by atoms with Gasteiger partial charge in [0.25, 0.3) is 0 Å². The molecule has 1 aromatic carbocycles. The van der Waals surface area contributed by atoms with Crippen LogP contribution in [0.1, 0.15) is 22.9 Å². The Morgan fingerprint density at radius 1 is 1.30 bits per heavy atom. The zero-order chi connectivity index (χ0) is 16.1. The van der Waals surface area contributed by atoms with Crippen molar-refractivity contribution in [2.75, 3.05) is 7.05 Å². The van der Waals surface area contributed by atoms with Crippen molar-refractivity contribution in [2.45, 2.75) is 26.9 Å². The summed E-state index contributed by atoms with van der Waals surface area (Å²) in [6.45, 7) is 4.51. The SMILES string of the molecule is CN=C(NCc1nc(C)c(C)o1)NCc1ccc(Br)cc1F.I. The lowest BCUT2D eigenvalue weighted by Crippen LogP contribution is -2.36. The predicted molar refractivity (Wildman–Crippen MR) is 103 cm³/mol. The standard InChI is InChI=1S/C15H18BrFN4O.HI/c1-9-10(2)22-14(21-9)8-20-15(18-3)19-7-11-4-5-12(16)6-13(11)17;/h4-6H,7-8H2,1-3H3,(H2,18,19,20);1H. The van der Waals surface area contributed by atoms with Crippen LogP contribution in [0.25, 0.3) is 0 Å². The molecule has 23 heavy (non-hydrogen) atoms.